The first-order valence-electron chi connectivity index (χ1n) is 10.7. The van der Waals surface area contributed by atoms with Crippen molar-refractivity contribution >= 4 is 17.2 Å². The number of aliphatic hydroxyl groups excluding tert-OH is 1. The summed E-state index contributed by atoms with van der Waals surface area (Å²) in [5, 5.41) is 11.3. The van der Waals surface area contributed by atoms with Gasteiger partial charge in [-0.3, -0.25) is 4.79 Å². The molecule has 0 amide bonds. The van der Waals surface area contributed by atoms with Crippen LogP contribution in [0.25, 0.3) is 0 Å². The number of fused-ring (bicyclic) bond motifs is 2. The van der Waals surface area contributed by atoms with Gasteiger partial charge in [-0.15, -0.1) is 0 Å². The number of carbonyl (C=O) groups is 1. The Balaban J connectivity index is 1.56. The molecule has 2 aromatic carbocycles. The molecule has 0 fully saturated rings. The zero-order valence-corrected chi connectivity index (χ0v) is 18.6. The van der Waals surface area contributed by atoms with Crippen LogP contribution in [0.5, 0.6) is 0 Å². The van der Waals surface area contributed by atoms with E-state index in [1.54, 1.807) is 0 Å². The molecule has 0 saturated heterocycles. The first kappa shape index (κ1) is 19.2. The van der Waals surface area contributed by atoms with Crippen molar-refractivity contribution in [3.8, 4) is 0 Å². The van der Waals surface area contributed by atoms with E-state index in [1.165, 1.54) is 11.1 Å². The predicted octanol–water partition coefficient (Wildman–Crippen LogP) is 4.59. The highest BCUT2D eigenvalue weighted by Gasteiger charge is 2.59. The number of carbonyl (C=O) groups excluding carboxylic acids is 1. The Morgan fingerprint density at radius 1 is 0.800 bits per heavy atom. The van der Waals surface area contributed by atoms with Gasteiger partial charge in [-0.25, -0.2) is 0 Å². The van der Waals surface area contributed by atoms with E-state index >= 15 is 0 Å². The summed E-state index contributed by atoms with van der Waals surface area (Å²) < 4.78 is 0. The van der Waals surface area contributed by atoms with Crippen LogP contribution >= 0.6 is 0 Å². The van der Waals surface area contributed by atoms with Crippen molar-refractivity contribution in [2.45, 2.75) is 50.6 Å². The van der Waals surface area contributed by atoms with Crippen LogP contribution in [0, 0.1) is 5.92 Å². The minimum atomic E-state index is -0.486. The Bertz CT molecular complexity index is 1100. The molecule has 1 aliphatic carbocycles. The summed E-state index contributed by atoms with van der Waals surface area (Å²) in [6.45, 7) is 8.70. The van der Waals surface area contributed by atoms with Crippen molar-refractivity contribution in [2.24, 2.45) is 5.92 Å². The van der Waals surface area contributed by atoms with Gasteiger partial charge >= 0.3 is 0 Å². The van der Waals surface area contributed by atoms with E-state index in [0.717, 1.165) is 11.4 Å². The average Bonchev–Trinajstić information content (AvgIpc) is 3.04. The molecular weight excluding hydrogens is 372 g/mol. The van der Waals surface area contributed by atoms with Gasteiger partial charge in [-0.2, -0.15) is 0 Å². The van der Waals surface area contributed by atoms with Crippen LogP contribution in [0.4, 0.5) is 11.4 Å². The van der Waals surface area contributed by atoms with E-state index < -0.39 is 5.92 Å². The highest BCUT2D eigenvalue weighted by atomic mass is 16.3. The number of nitrogens with zero attached hydrogens (tertiary/aromatic N) is 2. The summed E-state index contributed by atoms with van der Waals surface area (Å²) in [7, 11) is 4.07. The Morgan fingerprint density at radius 2 is 1.30 bits per heavy atom. The van der Waals surface area contributed by atoms with Crippen molar-refractivity contribution in [1.29, 1.82) is 0 Å². The minimum absolute atomic E-state index is 0.0861. The second-order valence-electron chi connectivity index (χ2n) is 10.2. The lowest BCUT2D eigenvalue weighted by atomic mass is 9.63. The highest BCUT2D eigenvalue weighted by molar-refractivity contribution is 6.09. The topological polar surface area (TPSA) is 43.8 Å². The second-order valence-corrected chi connectivity index (χ2v) is 10.2. The van der Waals surface area contributed by atoms with Gasteiger partial charge in [0.1, 0.15) is 11.7 Å². The Hall–Kier alpha value is -2.75. The molecule has 0 bridgehead atoms. The maximum absolute atomic E-state index is 13.6. The van der Waals surface area contributed by atoms with Crippen molar-refractivity contribution in [1.82, 2.24) is 0 Å². The lowest BCUT2D eigenvalue weighted by molar-refractivity contribution is -0.124. The van der Waals surface area contributed by atoms with Crippen LogP contribution < -0.4 is 9.80 Å². The third-order valence-corrected chi connectivity index (χ3v) is 7.89. The molecular formula is C26H30N2O2. The molecule has 2 aliphatic heterocycles. The Kier molecular flexibility index (Phi) is 3.78. The zero-order valence-electron chi connectivity index (χ0n) is 18.6. The van der Waals surface area contributed by atoms with Gasteiger partial charge in [-0.1, -0.05) is 64.1 Å². The van der Waals surface area contributed by atoms with Gasteiger partial charge in [-0.05, 0) is 23.3 Å². The summed E-state index contributed by atoms with van der Waals surface area (Å²) in [5.41, 5.74) is 4.84. The second kappa shape index (κ2) is 5.90. The van der Waals surface area contributed by atoms with Gasteiger partial charge in [0.05, 0.1) is 17.7 Å². The molecule has 0 spiro atoms. The number of likely N-dealkylation sites (N-methyl/N-ethyl adjacent to an activating group) is 2. The van der Waals surface area contributed by atoms with Gasteiger partial charge in [0.15, 0.2) is 5.78 Å². The fraction of sp³-hybridized carbons (Fsp3) is 0.423. The van der Waals surface area contributed by atoms with Crippen LogP contribution in [0.3, 0.4) is 0 Å². The highest BCUT2D eigenvalue weighted by Crippen LogP contribution is 2.55. The molecule has 0 aromatic heterocycles. The maximum atomic E-state index is 13.6. The molecule has 3 unspecified atom stereocenters. The fourth-order valence-corrected chi connectivity index (χ4v) is 6.49. The van der Waals surface area contributed by atoms with E-state index in [9.17, 15) is 9.90 Å². The summed E-state index contributed by atoms with van der Waals surface area (Å²) in [4.78, 5) is 18.0. The third-order valence-electron chi connectivity index (χ3n) is 7.89. The molecule has 2 heterocycles. The number of hydrogen-bond donors (Lipinski definition) is 1. The first-order valence-corrected chi connectivity index (χ1v) is 10.7. The minimum Gasteiger partial charge on any atom is -0.511 e. The average molecular weight is 403 g/mol. The van der Waals surface area contributed by atoms with Crippen LogP contribution in [-0.2, 0) is 15.6 Å². The van der Waals surface area contributed by atoms with E-state index in [2.05, 4.69) is 61.8 Å². The number of benzene rings is 2. The molecule has 30 heavy (non-hydrogen) atoms. The summed E-state index contributed by atoms with van der Waals surface area (Å²) in [6.07, 6.45) is 0. The standard InChI is InChI=1S/C26H30N2O2/c1-25(2)15-11-7-9-13-17(15)27(5)23(25)19-21(29)20(22(19)30)24-26(3,4)16-12-8-10-14-18(16)28(24)6/h7-14,19,23-24,29H,1-6H3. The number of Topliss-reactive ketones (excluding diaryl/α,β-unsaturated/α-hetero) is 1. The number of hydrogen-bond acceptors (Lipinski definition) is 4. The lowest BCUT2D eigenvalue weighted by Gasteiger charge is -2.46. The Labute approximate surface area is 178 Å². The molecule has 156 valence electrons. The van der Waals surface area contributed by atoms with E-state index in [4.69, 9.17) is 0 Å². The smallest absolute Gasteiger partial charge is 0.177 e. The van der Waals surface area contributed by atoms with Gasteiger partial charge in [0.25, 0.3) is 0 Å². The van der Waals surface area contributed by atoms with Crippen molar-refractivity contribution in [3.63, 3.8) is 0 Å². The van der Waals surface area contributed by atoms with E-state index in [1.807, 2.05) is 38.4 Å². The van der Waals surface area contributed by atoms with Crippen LogP contribution in [0.1, 0.15) is 38.8 Å². The molecule has 3 atom stereocenters. The maximum Gasteiger partial charge on any atom is 0.177 e. The molecule has 4 nitrogen and oxygen atoms in total. The quantitative estimate of drug-likeness (QED) is 0.798. The monoisotopic (exact) mass is 402 g/mol. The fourth-order valence-electron chi connectivity index (χ4n) is 6.49. The molecule has 0 saturated carbocycles. The van der Waals surface area contributed by atoms with Crippen LogP contribution in [-0.4, -0.2) is 37.1 Å². The first-order chi connectivity index (χ1) is 14.1. The number of aliphatic hydroxyl groups is 1. The van der Waals surface area contributed by atoms with Crippen LogP contribution in [0.15, 0.2) is 59.9 Å². The van der Waals surface area contributed by atoms with E-state index in [0.29, 0.717) is 5.57 Å². The molecule has 4 heteroatoms. The Morgan fingerprint density at radius 3 is 1.80 bits per heavy atom. The molecule has 1 N–H and O–H groups in total. The largest absolute Gasteiger partial charge is 0.511 e. The van der Waals surface area contributed by atoms with Crippen molar-refractivity contribution in [3.05, 3.63) is 71.0 Å². The number of rotatable bonds is 2. The van der Waals surface area contributed by atoms with E-state index in [-0.39, 0.29) is 34.5 Å². The number of para-hydroxylation sites is 2. The molecule has 5 rings (SSSR count). The van der Waals surface area contributed by atoms with Gasteiger partial charge < -0.3 is 14.9 Å². The molecule has 0 radical (unpaired) electrons. The van der Waals surface area contributed by atoms with Gasteiger partial charge in [0.2, 0.25) is 0 Å². The SMILES string of the molecule is CN1c2ccccc2C(C)(C)C1C1=C(O)C(C2N(C)c3ccccc3C2(C)C)C1=O. The number of anilines is 2. The summed E-state index contributed by atoms with van der Waals surface area (Å²) >= 11 is 0. The van der Waals surface area contributed by atoms with Gasteiger partial charge in [0, 0.05) is 36.3 Å². The predicted molar refractivity (Wildman–Crippen MR) is 121 cm³/mol. The van der Waals surface area contributed by atoms with Crippen molar-refractivity contribution < 1.29 is 9.90 Å². The normalized spacial score (nSPS) is 28.5. The molecule has 2 aromatic rings. The third kappa shape index (κ3) is 2.14. The zero-order chi connectivity index (χ0) is 21.6. The molecule has 3 aliphatic rings. The van der Waals surface area contributed by atoms with Crippen molar-refractivity contribution in [2.75, 3.05) is 23.9 Å². The summed E-state index contributed by atoms with van der Waals surface area (Å²) in [6, 6.07) is 16.4. The lowest BCUT2D eigenvalue weighted by Crippen LogP contribution is -2.57. The number of ketones is 1. The summed E-state index contributed by atoms with van der Waals surface area (Å²) in [5.74, 6) is -0.126. The van der Waals surface area contributed by atoms with Crippen LogP contribution in [0.2, 0.25) is 0 Å².